The third-order valence-corrected chi connectivity index (χ3v) is 4.27. The van der Waals surface area contributed by atoms with Crippen LogP contribution in [0.25, 0.3) is 0 Å². The van der Waals surface area contributed by atoms with Gasteiger partial charge in [0.2, 0.25) is 0 Å². The van der Waals surface area contributed by atoms with Crippen LogP contribution in [0.2, 0.25) is 5.02 Å². The summed E-state index contributed by atoms with van der Waals surface area (Å²) in [5.74, 6) is 0. The van der Waals surface area contributed by atoms with E-state index in [1.165, 1.54) is 6.07 Å². The Bertz CT molecular complexity index is 495. The minimum absolute atomic E-state index is 0.0889. The van der Waals surface area contributed by atoms with Crippen molar-refractivity contribution in [2.75, 3.05) is 13.6 Å². The van der Waals surface area contributed by atoms with Crippen LogP contribution in [0.15, 0.2) is 18.2 Å². The second-order valence-electron chi connectivity index (χ2n) is 5.46. The molecule has 0 aliphatic carbocycles. The second kappa shape index (κ2) is 6.52. The molecular weight excluding hydrogens is 278 g/mol. The van der Waals surface area contributed by atoms with Crippen molar-refractivity contribution in [2.24, 2.45) is 0 Å². The molecule has 1 heterocycles. The van der Waals surface area contributed by atoms with E-state index in [9.17, 15) is 10.1 Å². The Morgan fingerprint density at radius 2 is 2.30 bits per heavy atom. The zero-order chi connectivity index (χ0) is 14.7. The quantitative estimate of drug-likeness (QED) is 0.686. The topological polar surface area (TPSA) is 58.4 Å². The number of nitrogens with zero attached hydrogens (tertiary/aromatic N) is 2. The van der Waals surface area contributed by atoms with E-state index in [0.29, 0.717) is 29.2 Å². The molecule has 20 heavy (non-hydrogen) atoms. The number of hydrogen-bond donors (Lipinski definition) is 1. The van der Waals surface area contributed by atoms with Gasteiger partial charge in [-0.3, -0.25) is 10.1 Å². The maximum atomic E-state index is 11.0. The van der Waals surface area contributed by atoms with E-state index < -0.39 is 0 Å². The Kier molecular flexibility index (Phi) is 4.96. The van der Waals surface area contributed by atoms with E-state index in [4.69, 9.17) is 11.6 Å². The van der Waals surface area contributed by atoms with Crippen molar-refractivity contribution >= 4 is 17.3 Å². The van der Waals surface area contributed by atoms with Crippen molar-refractivity contribution in [1.82, 2.24) is 10.2 Å². The first-order valence-electron chi connectivity index (χ1n) is 6.84. The molecule has 2 atom stereocenters. The number of nitro groups is 1. The molecule has 0 radical (unpaired) electrons. The van der Waals surface area contributed by atoms with Crippen LogP contribution in [-0.4, -0.2) is 35.5 Å². The van der Waals surface area contributed by atoms with Crippen molar-refractivity contribution in [3.8, 4) is 0 Å². The first-order valence-corrected chi connectivity index (χ1v) is 7.21. The maximum Gasteiger partial charge on any atom is 0.275 e. The molecule has 110 valence electrons. The van der Waals surface area contributed by atoms with Gasteiger partial charge in [-0.15, -0.1) is 0 Å². The molecule has 1 aromatic carbocycles. The highest BCUT2D eigenvalue weighted by molar-refractivity contribution is 6.30. The molecule has 0 spiro atoms. The second-order valence-corrected chi connectivity index (χ2v) is 5.90. The molecule has 2 rings (SSSR count). The maximum absolute atomic E-state index is 11.0. The standard InChI is InChI=1S/C14H20ClN3O2/c1-10-7-13(5-6-17(10)2)16-9-11-3-4-12(15)8-14(11)18(19)20/h3-4,8,10,13,16H,5-7,9H2,1-2H3. The summed E-state index contributed by atoms with van der Waals surface area (Å²) in [5, 5.41) is 14.9. The molecule has 0 aromatic heterocycles. The number of halogens is 1. The van der Waals surface area contributed by atoms with Crippen molar-refractivity contribution in [1.29, 1.82) is 0 Å². The first-order chi connectivity index (χ1) is 9.47. The number of piperidine rings is 1. The van der Waals surface area contributed by atoms with Crippen LogP contribution < -0.4 is 5.32 Å². The number of hydrogen-bond acceptors (Lipinski definition) is 4. The molecular formula is C14H20ClN3O2. The lowest BCUT2D eigenvalue weighted by molar-refractivity contribution is -0.385. The van der Waals surface area contributed by atoms with Crippen molar-refractivity contribution in [3.05, 3.63) is 38.9 Å². The average Bonchev–Trinajstić information content (AvgIpc) is 2.41. The van der Waals surface area contributed by atoms with Gasteiger partial charge in [0.25, 0.3) is 5.69 Å². The van der Waals surface area contributed by atoms with Crippen LogP contribution >= 0.6 is 11.6 Å². The highest BCUT2D eigenvalue weighted by Crippen LogP contribution is 2.24. The summed E-state index contributed by atoms with van der Waals surface area (Å²) in [6, 6.07) is 5.79. The van der Waals surface area contributed by atoms with Gasteiger partial charge in [-0.2, -0.15) is 0 Å². The number of likely N-dealkylation sites (tertiary alicyclic amines) is 1. The van der Waals surface area contributed by atoms with Gasteiger partial charge in [-0.05, 0) is 45.5 Å². The van der Waals surface area contributed by atoms with Gasteiger partial charge in [-0.1, -0.05) is 11.6 Å². The smallest absolute Gasteiger partial charge is 0.275 e. The van der Waals surface area contributed by atoms with Gasteiger partial charge in [0, 0.05) is 35.3 Å². The Morgan fingerprint density at radius 1 is 1.55 bits per heavy atom. The van der Waals surface area contributed by atoms with E-state index >= 15 is 0 Å². The third-order valence-electron chi connectivity index (χ3n) is 4.03. The molecule has 1 fully saturated rings. The lowest BCUT2D eigenvalue weighted by atomic mass is 9.98. The summed E-state index contributed by atoms with van der Waals surface area (Å²) in [4.78, 5) is 13.0. The molecule has 6 heteroatoms. The van der Waals surface area contributed by atoms with Crippen molar-refractivity contribution < 1.29 is 4.92 Å². The van der Waals surface area contributed by atoms with E-state index in [-0.39, 0.29) is 10.6 Å². The minimum Gasteiger partial charge on any atom is -0.310 e. The minimum atomic E-state index is -0.375. The SMILES string of the molecule is CC1CC(NCc2ccc(Cl)cc2[N+](=O)[O-])CCN1C. The predicted octanol–water partition coefficient (Wildman–Crippen LogP) is 2.82. The molecule has 1 N–H and O–H groups in total. The molecule has 0 amide bonds. The number of rotatable bonds is 4. The van der Waals surface area contributed by atoms with Gasteiger partial charge >= 0.3 is 0 Å². The van der Waals surface area contributed by atoms with Gasteiger partial charge in [0.05, 0.1) is 4.92 Å². The van der Waals surface area contributed by atoms with Gasteiger partial charge < -0.3 is 10.2 Å². The number of nitro benzene ring substituents is 1. The summed E-state index contributed by atoms with van der Waals surface area (Å²) in [5.41, 5.74) is 0.775. The molecule has 1 aliphatic rings. The van der Waals surface area contributed by atoms with Crippen LogP contribution in [0.5, 0.6) is 0 Å². The molecule has 0 saturated carbocycles. The highest BCUT2D eigenvalue weighted by atomic mass is 35.5. The fourth-order valence-electron chi connectivity index (χ4n) is 2.59. The normalized spacial score (nSPS) is 23.8. The number of nitrogens with one attached hydrogen (secondary N) is 1. The first kappa shape index (κ1) is 15.2. The van der Waals surface area contributed by atoms with Crippen LogP contribution in [0, 0.1) is 10.1 Å². The fourth-order valence-corrected chi connectivity index (χ4v) is 2.75. The van der Waals surface area contributed by atoms with Gasteiger partial charge in [0.15, 0.2) is 0 Å². The van der Waals surface area contributed by atoms with Gasteiger partial charge in [0.1, 0.15) is 0 Å². The summed E-state index contributed by atoms with van der Waals surface area (Å²) in [6.07, 6.45) is 2.14. The summed E-state index contributed by atoms with van der Waals surface area (Å²) in [7, 11) is 2.13. The Hall–Kier alpha value is -1.17. The zero-order valence-corrected chi connectivity index (χ0v) is 12.6. The monoisotopic (exact) mass is 297 g/mol. The third kappa shape index (κ3) is 3.69. The lowest BCUT2D eigenvalue weighted by Gasteiger charge is -2.35. The summed E-state index contributed by atoms with van der Waals surface area (Å²) < 4.78 is 0. The average molecular weight is 298 g/mol. The summed E-state index contributed by atoms with van der Waals surface area (Å²) in [6.45, 7) is 3.77. The Morgan fingerprint density at radius 3 is 2.95 bits per heavy atom. The van der Waals surface area contributed by atoms with Crippen molar-refractivity contribution in [3.63, 3.8) is 0 Å². The largest absolute Gasteiger partial charge is 0.310 e. The molecule has 1 aromatic rings. The summed E-state index contributed by atoms with van der Waals surface area (Å²) >= 11 is 5.81. The van der Waals surface area contributed by atoms with Crippen LogP contribution in [0.1, 0.15) is 25.3 Å². The van der Waals surface area contributed by atoms with Crippen LogP contribution in [0.3, 0.4) is 0 Å². The van der Waals surface area contributed by atoms with E-state index in [0.717, 1.165) is 19.4 Å². The van der Waals surface area contributed by atoms with E-state index in [1.807, 2.05) is 0 Å². The Balaban J connectivity index is 1.99. The zero-order valence-electron chi connectivity index (χ0n) is 11.8. The molecule has 0 bridgehead atoms. The van der Waals surface area contributed by atoms with Crippen LogP contribution in [-0.2, 0) is 6.54 Å². The fraction of sp³-hybridized carbons (Fsp3) is 0.571. The Labute approximate surface area is 124 Å². The molecule has 1 aliphatic heterocycles. The van der Waals surface area contributed by atoms with Crippen LogP contribution in [0.4, 0.5) is 5.69 Å². The van der Waals surface area contributed by atoms with E-state index in [1.54, 1.807) is 12.1 Å². The molecule has 5 nitrogen and oxygen atoms in total. The van der Waals surface area contributed by atoms with E-state index in [2.05, 4.69) is 24.2 Å². The lowest BCUT2D eigenvalue weighted by Crippen LogP contribution is -2.45. The number of benzene rings is 1. The molecule has 2 unspecified atom stereocenters. The molecule has 1 saturated heterocycles. The predicted molar refractivity (Wildman–Crippen MR) is 80.1 cm³/mol. The highest BCUT2D eigenvalue weighted by Gasteiger charge is 2.23. The van der Waals surface area contributed by atoms with Gasteiger partial charge in [-0.25, -0.2) is 0 Å². The van der Waals surface area contributed by atoms with Crippen molar-refractivity contribution in [2.45, 2.75) is 38.4 Å².